The zero-order valence-electron chi connectivity index (χ0n) is 6.81. The summed E-state index contributed by atoms with van der Waals surface area (Å²) in [6.07, 6.45) is 0. The van der Waals surface area contributed by atoms with E-state index in [1.165, 1.54) is 0 Å². The Labute approximate surface area is 69.8 Å². The molecule has 0 spiro atoms. The van der Waals surface area contributed by atoms with Crippen LogP contribution in [0.3, 0.4) is 0 Å². The summed E-state index contributed by atoms with van der Waals surface area (Å²) in [7, 11) is 0. The molecule has 0 saturated carbocycles. The van der Waals surface area contributed by atoms with Gasteiger partial charge in [-0.2, -0.15) is 0 Å². The zero-order valence-corrected chi connectivity index (χ0v) is 6.81. The van der Waals surface area contributed by atoms with Crippen molar-refractivity contribution in [1.82, 2.24) is 0 Å². The number of rotatable bonds is 0. The van der Waals surface area contributed by atoms with Crippen LogP contribution in [0, 0.1) is 6.92 Å². The number of carbonyl (C=O) groups is 1. The topological polar surface area (TPSA) is 26.3 Å². The molecule has 2 heteroatoms. The maximum absolute atomic E-state index is 11.2. The van der Waals surface area contributed by atoms with E-state index in [2.05, 4.69) is 13.2 Å². The van der Waals surface area contributed by atoms with E-state index in [1.54, 1.807) is 6.07 Å². The molecule has 0 unspecified atom stereocenters. The van der Waals surface area contributed by atoms with Gasteiger partial charge in [0.05, 0.1) is 5.56 Å². The SMILES string of the molecule is C=c1cc2c(=C)c(c1C)C(=O)O2. The van der Waals surface area contributed by atoms with Gasteiger partial charge in [-0.05, 0) is 23.8 Å². The first-order valence-corrected chi connectivity index (χ1v) is 3.65. The lowest BCUT2D eigenvalue weighted by Crippen LogP contribution is -2.15. The molecule has 0 aliphatic carbocycles. The summed E-state index contributed by atoms with van der Waals surface area (Å²) in [6.45, 7) is 9.41. The normalized spacial score (nSPS) is 13.2. The van der Waals surface area contributed by atoms with Crippen molar-refractivity contribution in [3.8, 4) is 5.75 Å². The molecule has 60 valence electrons. The van der Waals surface area contributed by atoms with Crippen LogP contribution in [0.5, 0.6) is 5.75 Å². The summed E-state index contributed by atoms with van der Waals surface area (Å²) < 4.78 is 4.94. The molecule has 1 aliphatic rings. The average molecular weight is 160 g/mol. The van der Waals surface area contributed by atoms with Crippen molar-refractivity contribution in [3.05, 3.63) is 27.6 Å². The first-order valence-electron chi connectivity index (χ1n) is 3.65. The van der Waals surface area contributed by atoms with Crippen LogP contribution in [-0.2, 0) is 0 Å². The predicted octanol–water partition coefficient (Wildman–Crippen LogP) is 0.348. The Bertz CT molecular complexity index is 472. The van der Waals surface area contributed by atoms with E-state index in [4.69, 9.17) is 4.74 Å². The molecular formula is C10H8O2. The van der Waals surface area contributed by atoms with Gasteiger partial charge in [0, 0.05) is 5.22 Å². The molecule has 2 rings (SSSR count). The summed E-state index contributed by atoms with van der Waals surface area (Å²) >= 11 is 0. The molecule has 2 bridgehead atoms. The molecule has 1 heterocycles. The van der Waals surface area contributed by atoms with Gasteiger partial charge in [-0.1, -0.05) is 13.2 Å². The summed E-state index contributed by atoms with van der Waals surface area (Å²) in [6, 6.07) is 1.74. The Kier molecular flexibility index (Phi) is 1.17. The number of carbonyl (C=O) groups excluding carboxylic acids is 1. The number of esters is 1. The summed E-state index contributed by atoms with van der Waals surface area (Å²) in [5.74, 6) is 0.244. The summed E-state index contributed by atoms with van der Waals surface area (Å²) in [4.78, 5) is 11.2. The molecule has 1 aliphatic heterocycles. The molecule has 0 N–H and O–H groups in total. The fourth-order valence-electron chi connectivity index (χ4n) is 1.38. The van der Waals surface area contributed by atoms with E-state index < -0.39 is 0 Å². The minimum atomic E-state index is -0.303. The van der Waals surface area contributed by atoms with Crippen LogP contribution < -0.4 is 15.2 Å². The highest BCUT2D eigenvalue weighted by molar-refractivity contribution is 5.96. The Balaban J connectivity index is 3.02. The molecule has 12 heavy (non-hydrogen) atoms. The Morgan fingerprint density at radius 1 is 1.42 bits per heavy atom. The van der Waals surface area contributed by atoms with Crippen molar-refractivity contribution in [3.63, 3.8) is 0 Å². The number of fused-ring (bicyclic) bond motifs is 2. The molecule has 0 amide bonds. The Hall–Kier alpha value is -1.57. The monoisotopic (exact) mass is 160 g/mol. The fourth-order valence-corrected chi connectivity index (χ4v) is 1.38. The molecule has 0 fully saturated rings. The highest BCUT2D eigenvalue weighted by Gasteiger charge is 2.23. The molecule has 0 aromatic heterocycles. The van der Waals surface area contributed by atoms with Crippen LogP contribution in [0.25, 0.3) is 13.2 Å². The lowest BCUT2D eigenvalue weighted by molar-refractivity contribution is 0.0755. The number of benzene rings is 1. The van der Waals surface area contributed by atoms with Gasteiger partial charge in [0.1, 0.15) is 5.75 Å². The van der Waals surface area contributed by atoms with E-state index in [9.17, 15) is 4.79 Å². The first kappa shape index (κ1) is 7.10. The molecule has 1 aromatic rings. The van der Waals surface area contributed by atoms with Crippen molar-refractivity contribution < 1.29 is 9.53 Å². The quantitative estimate of drug-likeness (QED) is 0.512. The van der Waals surface area contributed by atoms with Crippen molar-refractivity contribution in [1.29, 1.82) is 0 Å². The molecule has 1 aromatic carbocycles. The van der Waals surface area contributed by atoms with Crippen LogP contribution >= 0.6 is 0 Å². The van der Waals surface area contributed by atoms with Gasteiger partial charge < -0.3 is 4.74 Å². The molecular weight excluding hydrogens is 152 g/mol. The zero-order chi connectivity index (χ0) is 8.88. The lowest BCUT2D eigenvalue weighted by atomic mass is 10.1. The third-order valence-electron chi connectivity index (χ3n) is 2.17. The van der Waals surface area contributed by atoms with Crippen molar-refractivity contribution in [2.45, 2.75) is 6.92 Å². The van der Waals surface area contributed by atoms with E-state index in [-0.39, 0.29) is 5.97 Å². The van der Waals surface area contributed by atoms with E-state index in [0.717, 1.165) is 10.8 Å². The van der Waals surface area contributed by atoms with E-state index in [1.807, 2.05) is 6.92 Å². The second-order valence-corrected chi connectivity index (χ2v) is 2.90. The van der Waals surface area contributed by atoms with E-state index >= 15 is 0 Å². The standard InChI is InChI=1S/C10H8O2/c1-5-4-8-7(3)9(6(5)2)10(11)12-8/h4H,1,3H2,2H3. The second-order valence-electron chi connectivity index (χ2n) is 2.90. The number of hydrogen-bond acceptors (Lipinski definition) is 2. The molecule has 0 radical (unpaired) electrons. The predicted molar refractivity (Wildman–Crippen MR) is 46.4 cm³/mol. The minimum absolute atomic E-state index is 0.303. The van der Waals surface area contributed by atoms with Gasteiger partial charge >= 0.3 is 5.97 Å². The van der Waals surface area contributed by atoms with Gasteiger partial charge in [-0.15, -0.1) is 0 Å². The Morgan fingerprint density at radius 2 is 2.08 bits per heavy atom. The number of hydrogen-bond donors (Lipinski definition) is 0. The maximum Gasteiger partial charge on any atom is 0.344 e. The van der Waals surface area contributed by atoms with Crippen LogP contribution in [-0.4, -0.2) is 5.97 Å². The van der Waals surface area contributed by atoms with Gasteiger partial charge in [0.15, 0.2) is 0 Å². The third kappa shape index (κ3) is 0.666. The van der Waals surface area contributed by atoms with Crippen molar-refractivity contribution >= 4 is 19.1 Å². The fraction of sp³-hybridized carbons (Fsp3) is 0.100. The average Bonchev–Trinajstić information content (AvgIpc) is 2.19. The summed E-state index contributed by atoms with van der Waals surface area (Å²) in [5.41, 5.74) is 1.45. The van der Waals surface area contributed by atoms with Crippen molar-refractivity contribution in [2.75, 3.05) is 0 Å². The summed E-state index contributed by atoms with van der Waals surface area (Å²) in [5, 5.41) is 1.52. The van der Waals surface area contributed by atoms with Gasteiger partial charge in [-0.25, -0.2) is 4.79 Å². The third-order valence-corrected chi connectivity index (χ3v) is 2.17. The second kappa shape index (κ2) is 1.97. The molecule has 2 nitrogen and oxygen atoms in total. The molecule has 0 atom stereocenters. The largest absolute Gasteiger partial charge is 0.422 e. The lowest BCUT2D eigenvalue weighted by Gasteiger charge is -1.93. The van der Waals surface area contributed by atoms with Gasteiger partial charge in [0.2, 0.25) is 0 Å². The van der Waals surface area contributed by atoms with Gasteiger partial charge in [-0.3, -0.25) is 0 Å². The minimum Gasteiger partial charge on any atom is -0.422 e. The van der Waals surface area contributed by atoms with Crippen LogP contribution in [0.2, 0.25) is 0 Å². The smallest absolute Gasteiger partial charge is 0.344 e. The van der Waals surface area contributed by atoms with Gasteiger partial charge in [0.25, 0.3) is 0 Å². The van der Waals surface area contributed by atoms with Crippen LogP contribution in [0.4, 0.5) is 0 Å². The first-order chi connectivity index (χ1) is 5.61. The van der Waals surface area contributed by atoms with E-state index in [0.29, 0.717) is 16.5 Å². The number of ether oxygens (including phenoxy) is 1. The highest BCUT2D eigenvalue weighted by atomic mass is 16.5. The highest BCUT2D eigenvalue weighted by Crippen LogP contribution is 2.14. The van der Waals surface area contributed by atoms with Crippen LogP contribution in [0.15, 0.2) is 6.07 Å². The Morgan fingerprint density at radius 3 is 2.75 bits per heavy atom. The van der Waals surface area contributed by atoms with Crippen LogP contribution in [0.1, 0.15) is 15.9 Å². The van der Waals surface area contributed by atoms with Crippen molar-refractivity contribution in [2.24, 2.45) is 0 Å². The maximum atomic E-state index is 11.2. The molecule has 0 saturated heterocycles.